The molecule has 1 aromatic carbocycles. The van der Waals surface area contributed by atoms with Crippen LogP contribution in [0.2, 0.25) is 5.02 Å². The minimum atomic E-state index is -3.41. The fourth-order valence-corrected chi connectivity index (χ4v) is 4.91. The largest absolute Gasteiger partial charge is 0.272 e. The molecular weight excluding hydrogens is 346 g/mol. The number of sulfonamides is 1. The summed E-state index contributed by atoms with van der Waals surface area (Å²) in [6, 6.07) is 7.15. The Morgan fingerprint density at radius 1 is 1.33 bits per heavy atom. The minimum Gasteiger partial charge on any atom is -0.272 e. The highest BCUT2D eigenvalue weighted by molar-refractivity contribution is 7.88. The van der Waals surface area contributed by atoms with Crippen molar-refractivity contribution in [1.82, 2.24) is 14.1 Å². The average Bonchev–Trinajstić information content (AvgIpc) is 3.27. The molecule has 0 unspecified atom stereocenters. The molecule has 1 saturated carbocycles. The number of aryl methyl sites for hydroxylation is 2. The zero-order valence-electron chi connectivity index (χ0n) is 14.2. The molecule has 1 aliphatic carbocycles. The van der Waals surface area contributed by atoms with E-state index in [9.17, 15) is 8.42 Å². The Morgan fingerprint density at radius 2 is 2.04 bits per heavy atom. The summed E-state index contributed by atoms with van der Waals surface area (Å²) in [6.07, 6.45) is 1.85. The molecule has 2 aromatic rings. The molecule has 3 rings (SSSR count). The SMILES string of the molecule is Cc1nn(C)c(C)c1CN(C1CC1)S(=O)(=O)Cc1cccc(Cl)c1. The minimum absolute atomic E-state index is 0.0254. The van der Waals surface area contributed by atoms with E-state index in [1.807, 2.05) is 20.9 Å². The molecule has 0 aliphatic heterocycles. The fraction of sp³-hybridized carbons (Fsp3) is 0.471. The monoisotopic (exact) mass is 367 g/mol. The van der Waals surface area contributed by atoms with Gasteiger partial charge in [-0.25, -0.2) is 8.42 Å². The first-order chi connectivity index (χ1) is 11.3. The van der Waals surface area contributed by atoms with Crippen LogP contribution in [0.1, 0.15) is 35.4 Å². The van der Waals surface area contributed by atoms with Gasteiger partial charge < -0.3 is 0 Å². The third-order valence-corrected chi connectivity index (χ3v) is 6.60. The van der Waals surface area contributed by atoms with Crippen molar-refractivity contribution in [3.63, 3.8) is 0 Å². The van der Waals surface area contributed by atoms with Gasteiger partial charge in [-0.1, -0.05) is 23.7 Å². The summed E-state index contributed by atoms with van der Waals surface area (Å²) >= 11 is 5.98. The molecule has 0 atom stereocenters. The van der Waals surface area contributed by atoms with Gasteiger partial charge >= 0.3 is 0 Å². The van der Waals surface area contributed by atoms with Gasteiger partial charge in [0.05, 0.1) is 11.4 Å². The molecule has 5 nitrogen and oxygen atoms in total. The lowest BCUT2D eigenvalue weighted by molar-refractivity contribution is 0.396. The summed E-state index contributed by atoms with van der Waals surface area (Å²) in [5, 5.41) is 4.95. The first kappa shape index (κ1) is 17.5. The third-order valence-electron chi connectivity index (χ3n) is 4.52. The summed E-state index contributed by atoms with van der Waals surface area (Å²) in [6.45, 7) is 4.29. The number of nitrogens with zero attached hydrogens (tertiary/aromatic N) is 3. The zero-order chi connectivity index (χ0) is 17.5. The van der Waals surface area contributed by atoms with Gasteiger partial charge in [0.1, 0.15) is 0 Å². The first-order valence-electron chi connectivity index (χ1n) is 8.01. The van der Waals surface area contributed by atoms with Crippen molar-refractivity contribution in [2.75, 3.05) is 0 Å². The van der Waals surface area contributed by atoms with E-state index in [0.29, 0.717) is 17.1 Å². The number of hydrogen-bond donors (Lipinski definition) is 0. The van der Waals surface area contributed by atoms with Gasteiger partial charge in [-0.2, -0.15) is 9.40 Å². The normalized spacial score (nSPS) is 15.2. The standard InChI is InChI=1S/C17H22ClN3O2S/c1-12-17(13(2)20(3)19-12)10-21(16-7-8-16)24(22,23)11-14-5-4-6-15(18)9-14/h4-6,9,16H,7-8,10-11H2,1-3H3. The number of hydrogen-bond acceptors (Lipinski definition) is 3. The third kappa shape index (κ3) is 3.66. The second kappa shape index (κ2) is 6.50. The van der Waals surface area contributed by atoms with E-state index in [1.54, 1.807) is 33.3 Å². The van der Waals surface area contributed by atoms with E-state index in [4.69, 9.17) is 11.6 Å². The smallest absolute Gasteiger partial charge is 0.218 e. The van der Waals surface area contributed by atoms with Gasteiger partial charge in [0.15, 0.2) is 0 Å². The lowest BCUT2D eigenvalue weighted by Gasteiger charge is -2.22. The maximum atomic E-state index is 13.0. The quantitative estimate of drug-likeness (QED) is 0.787. The lowest BCUT2D eigenvalue weighted by atomic mass is 10.2. The molecule has 0 bridgehead atoms. The molecule has 0 radical (unpaired) electrons. The van der Waals surface area contributed by atoms with Crippen LogP contribution < -0.4 is 0 Å². The topological polar surface area (TPSA) is 55.2 Å². The number of rotatable bonds is 6. The number of aromatic nitrogens is 2. The summed E-state index contributed by atoms with van der Waals surface area (Å²) in [5.74, 6) is -0.0254. The van der Waals surface area contributed by atoms with Crippen molar-refractivity contribution in [3.8, 4) is 0 Å². The van der Waals surface area contributed by atoms with Crippen LogP contribution in [-0.2, 0) is 29.4 Å². The zero-order valence-corrected chi connectivity index (χ0v) is 15.7. The van der Waals surface area contributed by atoms with E-state index in [0.717, 1.165) is 29.8 Å². The summed E-state index contributed by atoms with van der Waals surface area (Å²) < 4.78 is 29.4. The van der Waals surface area contributed by atoms with Crippen LogP contribution in [0, 0.1) is 13.8 Å². The maximum absolute atomic E-state index is 13.0. The summed E-state index contributed by atoms with van der Waals surface area (Å²) in [4.78, 5) is 0. The molecule has 0 saturated heterocycles. The fourth-order valence-electron chi connectivity index (χ4n) is 2.94. The van der Waals surface area contributed by atoms with Gasteiger partial charge in [0.2, 0.25) is 10.0 Å². The molecule has 0 amide bonds. The van der Waals surface area contributed by atoms with Crippen molar-refractivity contribution in [3.05, 3.63) is 51.8 Å². The number of halogens is 1. The van der Waals surface area contributed by atoms with Gasteiger partial charge in [0, 0.05) is 35.9 Å². The van der Waals surface area contributed by atoms with Crippen molar-refractivity contribution in [2.24, 2.45) is 7.05 Å². The van der Waals surface area contributed by atoms with Gasteiger partial charge in [-0.15, -0.1) is 0 Å². The van der Waals surface area contributed by atoms with Crippen LogP contribution in [-0.4, -0.2) is 28.5 Å². The Bertz CT molecular complexity index is 857. The van der Waals surface area contributed by atoms with Gasteiger partial charge in [-0.05, 0) is 44.4 Å². The predicted octanol–water partition coefficient (Wildman–Crippen LogP) is 3.18. The molecule has 7 heteroatoms. The molecule has 1 heterocycles. The van der Waals surface area contributed by atoms with Crippen LogP contribution in [0.3, 0.4) is 0 Å². The second-order valence-electron chi connectivity index (χ2n) is 6.44. The average molecular weight is 368 g/mol. The summed E-state index contributed by atoms with van der Waals surface area (Å²) in [5.41, 5.74) is 3.61. The van der Waals surface area contributed by atoms with Crippen LogP contribution in [0.15, 0.2) is 24.3 Å². The Kier molecular flexibility index (Phi) is 4.73. The molecule has 24 heavy (non-hydrogen) atoms. The predicted molar refractivity (Wildman–Crippen MR) is 95.3 cm³/mol. The second-order valence-corrected chi connectivity index (χ2v) is 8.79. The van der Waals surface area contributed by atoms with Gasteiger partial charge in [-0.3, -0.25) is 4.68 Å². The molecule has 1 aromatic heterocycles. The van der Waals surface area contributed by atoms with Gasteiger partial charge in [0.25, 0.3) is 0 Å². The highest BCUT2D eigenvalue weighted by atomic mass is 35.5. The first-order valence-corrected chi connectivity index (χ1v) is 9.99. The maximum Gasteiger partial charge on any atom is 0.218 e. The highest BCUT2D eigenvalue weighted by Crippen LogP contribution is 2.33. The summed E-state index contributed by atoms with van der Waals surface area (Å²) in [7, 11) is -1.53. The van der Waals surface area contributed by atoms with Crippen LogP contribution in [0.4, 0.5) is 0 Å². The molecule has 1 fully saturated rings. The van der Waals surface area contributed by atoms with E-state index < -0.39 is 10.0 Å². The van der Waals surface area contributed by atoms with E-state index in [2.05, 4.69) is 5.10 Å². The van der Waals surface area contributed by atoms with E-state index in [1.165, 1.54) is 0 Å². The van der Waals surface area contributed by atoms with E-state index in [-0.39, 0.29) is 11.8 Å². The Labute approximate surface area is 148 Å². The van der Waals surface area contributed by atoms with Crippen molar-refractivity contribution >= 4 is 21.6 Å². The molecule has 0 spiro atoms. The lowest BCUT2D eigenvalue weighted by Crippen LogP contribution is -2.34. The van der Waals surface area contributed by atoms with Crippen LogP contribution in [0.25, 0.3) is 0 Å². The van der Waals surface area contributed by atoms with Crippen molar-refractivity contribution in [1.29, 1.82) is 0 Å². The highest BCUT2D eigenvalue weighted by Gasteiger charge is 2.38. The van der Waals surface area contributed by atoms with Crippen molar-refractivity contribution < 1.29 is 8.42 Å². The Morgan fingerprint density at radius 3 is 2.58 bits per heavy atom. The number of benzene rings is 1. The van der Waals surface area contributed by atoms with E-state index >= 15 is 0 Å². The Hall–Kier alpha value is -1.37. The van der Waals surface area contributed by atoms with Crippen molar-refractivity contribution in [2.45, 2.75) is 45.0 Å². The molecule has 0 N–H and O–H groups in total. The Balaban J connectivity index is 1.87. The molecular formula is C17H22ClN3O2S. The van der Waals surface area contributed by atoms with Crippen LogP contribution >= 0.6 is 11.6 Å². The molecule has 130 valence electrons. The van der Waals surface area contributed by atoms with Crippen LogP contribution in [0.5, 0.6) is 0 Å². The molecule has 1 aliphatic rings.